The zero-order valence-corrected chi connectivity index (χ0v) is 8.25. The van der Waals surface area contributed by atoms with Crippen molar-refractivity contribution in [2.75, 3.05) is 0 Å². The highest BCUT2D eigenvalue weighted by Gasteiger charge is 2.33. The lowest BCUT2D eigenvalue weighted by Gasteiger charge is -2.16. The van der Waals surface area contributed by atoms with Crippen LogP contribution in [0.3, 0.4) is 0 Å². The van der Waals surface area contributed by atoms with Gasteiger partial charge < -0.3 is 5.11 Å². The fraction of sp³-hybridized carbons (Fsp3) is 0.364. The Morgan fingerprint density at radius 2 is 2.07 bits per heavy atom. The average Bonchev–Trinajstić information content (AvgIpc) is 2.08. The quantitative estimate of drug-likeness (QED) is 0.805. The lowest BCUT2D eigenvalue weighted by Crippen LogP contribution is -2.32. The van der Waals surface area contributed by atoms with Crippen LogP contribution in [-0.4, -0.2) is 16.7 Å². The highest BCUT2D eigenvalue weighted by molar-refractivity contribution is 5.77. The van der Waals surface area contributed by atoms with E-state index in [1.807, 2.05) is 19.1 Å². The Hall–Kier alpha value is -1.38. The van der Waals surface area contributed by atoms with Crippen molar-refractivity contribution in [3.63, 3.8) is 0 Å². The maximum absolute atomic E-state index is 13.5. The number of carboxylic acids is 1. The van der Waals surface area contributed by atoms with Crippen LogP contribution in [0.2, 0.25) is 0 Å². The maximum atomic E-state index is 13.5. The summed E-state index contributed by atoms with van der Waals surface area (Å²) >= 11 is 0. The third-order valence-electron chi connectivity index (χ3n) is 2.23. The largest absolute Gasteiger partial charge is 0.479 e. The van der Waals surface area contributed by atoms with Gasteiger partial charge in [0, 0.05) is 6.42 Å². The lowest BCUT2D eigenvalue weighted by atomic mass is 9.95. The number of carbonyl (C=O) groups is 1. The van der Waals surface area contributed by atoms with E-state index in [0.717, 1.165) is 18.1 Å². The summed E-state index contributed by atoms with van der Waals surface area (Å²) in [6.45, 7) is 2.93. The van der Waals surface area contributed by atoms with Crippen LogP contribution in [-0.2, 0) is 11.2 Å². The molecule has 1 rings (SSSR count). The van der Waals surface area contributed by atoms with E-state index in [0.29, 0.717) is 0 Å². The number of aryl methyl sites for hydroxylation is 1. The molecule has 0 bridgehead atoms. The highest BCUT2D eigenvalue weighted by atomic mass is 19.1. The number of aliphatic carboxylic acids is 1. The minimum Gasteiger partial charge on any atom is -0.479 e. The number of hydrogen-bond donors (Lipinski definition) is 1. The maximum Gasteiger partial charge on any atom is 0.341 e. The first-order valence-electron chi connectivity index (χ1n) is 4.40. The van der Waals surface area contributed by atoms with Gasteiger partial charge in [-0.25, -0.2) is 9.18 Å². The number of hydrogen-bond acceptors (Lipinski definition) is 1. The van der Waals surface area contributed by atoms with E-state index >= 15 is 0 Å². The number of carboxylic acid groups (broad SMARTS) is 1. The average molecular weight is 196 g/mol. The minimum absolute atomic E-state index is 0.0883. The summed E-state index contributed by atoms with van der Waals surface area (Å²) in [5.41, 5.74) is -0.538. The summed E-state index contributed by atoms with van der Waals surface area (Å²) in [5.74, 6) is -1.42. The normalized spacial score (nSPS) is 14.8. The Kier molecular flexibility index (Phi) is 2.89. The van der Waals surface area contributed by atoms with Gasteiger partial charge in [0.25, 0.3) is 0 Å². The van der Waals surface area contributed by atoms with Gasteiger partial charge in [0.05, 0.1) is 0 Å². The Morgan fingerprint density at radius 3 is 2.57 bits per heavy atom. The molecule has 0 aliphatic heterocycles. The standard InChI is InChI=1S/C11H13FO2/c1-8-5-3-4-6-9(8)7-11(2,12)10(13)14/h3-6H,7H2,1-2H3,(H,13,14). The molecule has 0 spiro atoms. The summed E-state index contributed by atoms with van der Waals surface area (Å²) in [5, 5.41) is 8.62. The lowest BCUT2D eigenvalue weighted by molar-refractivity contribution is -0.149. The minimum atomic E-state index is -2.19. The molecule has 1 aromatic carbocycles. The third kappa shape index (κ3) is 2.31. The van der Waals surface area contributed by atoms with E-state index in [-0.39, 0.29) is 6.42 Å². The molecule has 3 heteroatoms. The Balaban J connectivity index is 2.89. The van der Waals surface area contributed by atoms with Gasteiger partial charge >= 0.3 is 5.97 Å². The fourth-order valence-electron chi connectivity index (χ4n) is 1.24. The first-order chi connectivity index (χ1) is 6.43. The zero-order chi connectivity index (χ0) is 10.8. The Labute approximate surface area is 82.4 Å². The monoisotopic (exact) mass is 196 g/mol. The third-order valence-corrected chi connectivity index (χ3v) is 2.23. The summed E-state index contributed by atoms with van der Waals surface area (Å²) in [7, 11) is 0. The molecule has 0 aromatic heterocycles. The smallest absolute Gasteiger partial charge is 0.341 e. The van der Waals surface area contributed by atoms with Crippen molar-refractivity contribution in [3.05, 3.63) is 35.4 Å². The molecule has 2 nitrogen and oxygen atoms in total. The van der Waals surface area contributed by atoms with Crippen molar-refractivity contribution in [2.24, 2.45) is 0 Å². The second kappa shape index (κ2) is 3.78. The van der Waals surface area contributed by atoms with Crippen molar-refractivity contribution in [2.45, 2.75) is 25.9 Å². The van der Waals surface area contributed by atoms with E-state index in [1.54, 1.807) is 12.1 Å². The molecular formula is C11H13FO2. The van der Waals surface area contributed by atoms with Crippen molar-refractivity contribution in [1.29, 1.82) is 0 Å². The van der Waals surface area contributed by atoms with Gasteiger partial charge in [0.15, 0.2) is 0 Å². The van der Waals surface area contributed by atoms with E-state index in [2.05, 4.69) is 0 Å². The second-order valence-electron chi connectivity index (χ2n) is 3.61. The Morgan fingerprint density at radius 1 is 1.50 bits per heavy atom. The van der Waals surface area contributed by atoms with E-state index in [1.165, 1.54) is 0 Å². The summed E-state index contributed by atoms with van der Waals surface area (Å²) in [6.07, 6.45) is -0.0883. The van der Waals surface area contributed by atoms with Crippen molar-refractivity contribution in [3.8, 4) is 0 Å². The molecular weight excluding hydrogens is 183 g/mol. The molecule has 0 heterocycles. The molecule has 1 aromatic rings. The molecule has 0 aliphatic carbocycles. The summed E-state index contributed by atoms with van der Waals surface area (Å²) in [4.78, 5) is 10.6. The number of benzene rings is 1. The number of rotatable bonds is 3. The summed E-state index contributed by atoms with van der Waals surface area (Å²) < 4.78 is 13.5. The van der Waals surface area contributed by atoms with Gasteiger partial charge in [-0.05, 0) is 25.0 Å². The van der Waals surface area contributed by atoms with Crippen molar-refractivity contribution in [1.82, 2.24) is 0 Å². The predicted molar refractivity (Wildman–Crippen MR) is 52.0 cm³/mol. The first-order valence-corrected chi connectivity index (χ1v) is 4.40. The zero-order valence-electron chi connectivity index (χ0n) is 8.25. The van der Waals surface area contributed by atoms with Gasteiger partial charge in [-0.15, -0.1) is 0 Å². The molecule has 0 aliphatic rings. The predicted octanol–water partition coefficient (Wildman–Crippen LogP) is 2.35. The van der Waals surface area contributed by atoms with Crippen molar-refractivity contribution < 1.29 is 14.3 Å². The van der Waals surface area contributed by atoms with Gasteiger partial charge in [-0.2, -0.15) is 0 Å². The molecule has 0 fully saturated rings. The van der Waals surface area contributed by atoms with Gasteiger partial charge in [0.2, 0.25) is 5.67 Å². The topological polar surface area (TPSA) is 37.3 Å². The van der Waals surface area contributed by atoms with Gasteiger partial charge in [0.1, 0.15) is 0 Å². The molecule has 1 unspecified atom stereocenters. The van der Waals surface area contributed by atoms with E-state index in [9.17, 15) is 9.18 Å². The van der Waals surface area contributed by atoms with Gasteiger partial charge in [-0.1, -0.05) is 24.3 Å². The number of halogens is 1. The van der Waals surface area contributed by atoms with Crippen LogP contribution < -0.4 is 0 Å². The molecule has 0 saturated heterocycles. The van der Waals surface area contributed by atoms with Crippen LogP contribution in [0.1, 0.15) is 18.1 Å². The van der Waals surface area contributed by atoms with E-state index < -0.39 is 11.6 Å². The van der Waals surface area contributed by atoms with Crippen LogP contribution in [0, 0.1) is 6.92 Å². The first kappa shape index (κ1) is 10.7. The Bertz CT molecular complexity index is 345. The highest BCUT2D eigenvalue weighted by Crippen LogP contribution is 2.20. The van der Waals surface area contributed by atoms with Crippen LogP contribution >= 0.6 is 0 Å². The molecule has 0 radical (unpaired) electrons. The molecule has 76 valence electrons. The van der Waals surface area contributed by atoms with Crippen LogP contribution in [0.5, 0.6) is 0 Å². The van der Waals surface area contributed by atoms with Gasteiger partial charge in [-0.3, -0.25) is 0 Å². The van der Waals surface area contributed by atoms with E-state index in [4.69, 9.17) is 5.11 Å². The fourth-order valence-corrected chi connectivity index (χ4v) is 1.24. The molecule has 14 heavy (non-hydrogen) atoms. The molecule has 0 saturated carbocycles. The van der Waals surface area contributed by atoms with Crippen LogP contribution in [0.15, 0.2) is 24.3 Å². The number of alkyl halides is 1. The second-order valence-corrected chi connectivity index (χ2v) is 3.61. The van der Waals surface area contributed by atoms with Crippen molar-refractivity contribution >= 4 is 5.97 Å². The SMILES string of the molecule is Cc1ccccc1CC(C)(F)C(=O)O. The molecule has 1 N–H and O–H groups in total. The van der Waals surface area contributed by atoms with Crippen LogP contribution in [0.4, 0.5) is 4.39 Å². The molecule has 0 amide bonds. The summed E-state index contributed by atoms with van der Waals surface area (Å²) in [6, 6.07) is 7.21. The van der Waals surface area contributed by atoms with Crippen LogP contribution in [0.25, 0.3) is 0 Å². The molecule has 1 atom stereocenters.